The number of aromatic nitrogens is 4. The van der Waals surface area contributed by atoms with E-state index in [1.807, 2.05) is 53.2 Å². The Hall–Kier alpha value is -3.42. The first-order chi connectivity index (χ1) is 16.6. The molecule has 1 atom stereocenters. The molecule has 172 valence electrons. The van der Waals surface area contributed by atoms with Crippen molar-refractivity contribution in [3.05, 3.63) is 83.1 Å². The van der Waals surface area contributed by atoms with Crippen LogP contribution in [0.3, 0.4) is 0 Å². The molecule has 5 rings (SSSR count). The molecule has 1 aliphatic heterocycles. The van der Waals surface area contributed by atoms with Gasteiger partial charge in [-0.1, -0.05) is 53.5 Å². The topological polar surface area (TPSA) is 75.9 Å². The lowest BCUT2D eigenvalue weighted by Gasteiger charge is -2.32. The van der Waals surface area contributed by atoms with Crippen LogP contribution >= 0.6 is 23.2 Å². The zero-order valence-corrected chi connectivity index (χ0v) is 19.7. The van der Waals surface area contributed by atoms with Gasteiger partial charge >= 0.3 is 0 Å². The van der Waals surface area contributed by atoms with Gasteiger partial charge in [-0.15, -0.1) is 10.2 Å². The Labute approximate surface area is 207 Å². The molecular weight excluding hydrogens is 471 g/mol. The Morgan fingerprint density at radius 1 is 0.971 bits per heavy atom. The summed E-state index contributed by atoms with van der Waals surface area (Å²) in [6.07, 6.45) is 5.31. The van der Waals surface area contributed by atoms with Crippen LogP contribution in [-0.2, 0) is 4.79 Å². The highest BCUT2D eigenvalue weighted by Crippen LogP contribution is 2.26. The van der Waals surface area contributed by atoms with Gasteiger partial charge in [0.25, 0.3) is 0 Å². The third-order valence-electron chi connectivity index (χ3n) is 5.80. The molecule has 0 radical (unpaired) electrons. The van der Waals surface area contributed by atoms with Crippen LogP contribution in [0.5, 0.6) is 0 Å². The van der Waals surface area contributed by atoms with Crippen LogP contribution in [0.15, 0.2) is 73.1 Å². The number of imidazole rings is 1. The molecule has 2 aromatic carbocycles. The van der Waals surface area contributed by atoms with Crippen molar-refractivity contribution in [3.8, 4) is 17.2 Å². The van der Waals surface area contributed by atoms with Gasteiger partial charge in [0, 0.05) is 46.8 Å². The Morgan fingerprint density at radius 3 is 2.44 bits per heavy atom. The van der Waals surface area contributed by atoms with Crippen LogP contribution in [0.4, 0.5) is 11.5 Å². The van der Waals surface area contributed by atoms with Crippen molar-refractivity contribution in [2.45, 2.75) is 12.8 Å². The van der Waals surface area contributed by atoms with E-state index in [2.05, 4.69) is 25.4 Å². The molecule has 0 saturated carbocycles. The minimum Gasteiger partial charge on any atom is -0.354 e. The molecule has 7 nitrogen and oxygen atoms in total. The molecule has 1 unspecified atom stereocenters. The SMILES string of the molecule is O=C(Nc1cc(Cl)cc(Cl)c1)C1CCCN(c2ccc(-n3ccnc3-c3ccccc3)nn2)C1. The lowest BCUT2D eigenvalue weighted by molar-refractivity contribution is -0.120. The Morgan fingerprint density at radius 2 is 1.71 bits per heavy atom. The molecule has 1 aliphatic rings. The Balaban J connectivity index is 1.29. The average molecular weight is 493 g/mol. The second kappa shape index (κ2) is 9.83. The summed E-state index contributed by atoms with van der Waals surface area (Å²) in [6, 6.07) is 18.8. The van der Waals surface area contributed by atoms with Gasteiger partial charge in [0.05, 0.1) is 5.92 Å². The van der Waals surface area contributed by atoms with Crippen molar-refractivity contribution < 1.29 is 4.79 Å². The Bertz CT molecular complexity index is 1270. The lowest BCUT2D eigenvalue weighted by Crippen LogP contribution is -2.41. The van der Waals surface area contributed by atoms with E-state index in [-0.39, 0.29) is 11.8 Å². The second-order valence-electron chi connectivity index (χ2n) is 8.17. The smallest absolute Gasteiger partial charge is 0.229 e. The van der Waals surface area contributed by atoms with E-state index in [0.717, 1.165) is 36.6 Å². The van der Waals surface area contributed by atoms with Crippen LogP contribution < -0.4 is 10.2 Å². The van der Waals surface area contributed by atoms with Crippen molar-refractivity contribution in [2.24, 2.45) is 5.92 Å². The maximum absolute atomic E-state index is 12.9. The molecule has 9 heteroatoms. The Kier molecular flexibility index (Phi) is 6.47. The summed E-state index contributed by atoms with van der Waals surface area (Å²) >= 11 is 12.1. The summed E-state index contributed by atoms with van der Waals surface area (Å²) in [7, 11) is 0. The number of carbonyl (C=O) groups is 1. The average Bonchev–Trinajstić information content (AvgIpc) is 3.34. The number of hydrogen-bond acceptors (Lipinski definition) is 5. The van der Waals surface area contributed by atoms with Crippen LogP contribution in [0.2, 0.25) is 10.0 Å². The van der Waals surface area contributed by atoms with E-state index in [1.54, 1.807) is 24.4 Å². The molecule has 0 spiro atoms. The molecular formula is C25H22Cl2N6O. The number of nitrogens with one attached hydrogen (secondary N) is 1. The van der Waals surface area contributed by atoms with Gasteiger partial charge in [-0.3, -0.25) is 9.36 Å². The first-order valence-electron chi connectivity index (χ1n) is 11.0. The van der Waals surface area contributed by atoms with Crippen LogP contribution in [0.1, 0.15) is 12.8 Å². The first kappa shape index (κ1) is 22.4. The third kappa shape index (κ3) is 4.90. The fourth-order valence-corrected chi connectivity index (χ4v) is 4.70. The van der Waals surface area contributed by atoms with Gasteiger partial charge in [0.15, 0.2) is 11.6 Å². The lowest BCUT2D eigenvalue weighted by atomic mass is 9.97. The summed E-state index contributed by atoms with van der Waals surface area (Å²) in [4.78, 5) is 19.5. The molecule has 1 saturated heterocycles. The summed E-state index contributed by atoms with van der Waals surface area (Å²) in [5.41, 5.74) is 1.60. The quantitative estimate of drug-likeness (QED) is 0.398. The summed E-state index contributed by atoms with van der Waals surface area (Å²) < 4.78 is 1.91. The third-order valence-corrected chi connectivity index (χ3v) is 6.24. The number of nitrogens with zero attached hydrogens (tertiary/aromatic N) is 5. The molecule has 0 bridgehead atoms. The van der Waals surface area contributed by atoms with Crippen molar-refractivity contribution in [2.75, 3.05) is 23.3 Å². The number of amides is 1. The van der Waals surface area contributed by atoms with Crippen molar-refractivity contribution in [1.82, 2.24) is 19.7 Å². The minimum atomic E-state index is -0.175. The van der Waals surface area contributed by atoms with Gasteiger partial charge in [0.2, 0.25) is 5.91 Å². The van der Waals surface area contributed by atoms with E-state index in [4.69, 9.17) is 23.2 Å². The number of rotatable bonds is 5. The number of benzene rings is 2. The zero-order valence-electron chi connectivity index (χ0n) is 18.2. The number of piperidine rings is 1. The van der Waals surface area contributed by atoms with E-state index < -0.39 is 0 Å². The maximum Gasteiger partial charge on any atom is 0.229 e. The zero-order chi connectivity index (χ0) is 23.5. The summed E-state index contributed by atoms with van der Waals surface area (Å²) in [6.45, 7) is 1.38. The predicted octanol–water partition coefficient (Wildman–Crippen LogP) is 5.49. The number of carbonyl (C=O) groups excluding carboxylic acids is 1. The van der Waals surface area contributed by atoms with Crippen molar-refractivity contribution >= 4 is 40.6 Å². The molecule has 2 aromatic heterocycles. The normalized spacial score (nSPS) is 15.8. The number of hydrogen-bond donors (Lipinski definition) is 1. The standard InChI is InChI=1S/C25H22Cl2N6O/c26-19-13-20(27)15-21(14-19)29-25(34)18-7-4-11-32(16-18)22-8-9-23(31-30-22)33-12-10-28-24(33)17-5-2-1-3-6-17/h1-3,5-6,8-10,12-15,18H,4,7,11,16H2,(H,29,34). The fourth-order valence-electron chi connectivity index (χ4n) is 4.17. The van der Waals surface area contributed by atoms with E-state index in [9.17, 15) is 4.79 Å². The van der Waals surface area contributed by atoms with Crippen molar-refractivity contribution in [1.29, 1.82) is 0 Å². The molecule has 1 amide bonds. The maximum atomic E-state index is 12.9. The van der Waals surface area contributed by atoms with Crippen molar-refractivity contribution in [3.63, 3.8) is 0 Å². The molecule has 0 aliphatic carbocycles. The van der Waals surface area contributed by atoms with E-state index in [1.165, 1.54) is 0 Å². The van der Waals surface area contributed by atoms with Gasteiger partial charge in [-0.25, -0.2) is 4.98 Å². The molecule has 3 heterocycles. The number of halogens is 2. The monoisotopic (exact) mass is 492 g/mol. The van der Waals surface area contributed by atoms with Crippen LogP contribution in [-0.4, -0.2) is 38.7 Å². The van der Waals surface area contributed by atoms with Crippen LogP contribution in [0.25, 0.3) is 17.2 Å². The summed E-state index contributed by atoms with van der Waals surface area (Å²) in [5.74, 6) is 2.00. The number of anilines is 2. The van der Waals surface area contributed by atoms with Crippen LogP contribution in [0, 0.1) is 5.92 Å². The minimum absolute atomic E-state index is 0.0569. The fraction of sp³-hybridized carbons (Fsp3) is 0.200. The first-order valence-corrected chi connectivity index (χ1v) is 11.8. The van der Waals surface area contributed by atoms with Gasteiger partial charge in [0.1, 0.15) is 5.82 Å². The summed E-state index contributed by atoms with van der Waals surface area (Å²) in [5, 5.41) is 12.8. The highest BCUT2D eigenvalue weighted by molar-refractivity contribution is 6.35. The van der Waals surface area contributed by atoms with Gasteiger partial charge < -0.3 is 10.2 Å². The van der Waals surface area contributed by atoms with E-state index >= 15 is 0 Å². The van der Waals surface area contributed by atoms with Gasteiger partial charge in [-0.2, -0.15) is 0 Å². The largest absolute Gasteiger partial charge is 0.354 e. The highest BCUT2D eigenvalue weighted by atomic mass is 35.5. The second-order valence-corrected chi connectivity index (χ2v) is 9.04. The molecule has 34 heavy (non-hydrogen) atoms. The molecule has 4 aromatic rings. The van der Waals surface area contributed by atoms with Gasteiger partial charge in [-0.05, 0) is 43.2 Å². The molecule has 1 fully saturated rings. The molecule has 1 N–H and O–H groups in total. The van der Waals surface area contributed by atoms with E-state index in [0.29, 0.717) is 28.1 Å². The predicted molar refractivity (Wildman–Crippen MR) is 135 cm³/mol. The highest BCUT2D eigenvalue weighted by Gasteiger charge is 2.27.